The Morgan fingerprint density at radius 1 is 1.50 bits per heavy atom. The average molecular weight is 278 g/mol. The third kappa shape index (κ3) is 3.57. The molecule has 2 N–H and O–H groups in total. The van der Waals surface area contributed by atoms with Crippen molar-refractivity contribution in [2.45, 2.75) is 45.2 Å². The fourth-order valence-corrected chi connectivity index (χ4v) is 2.78. The summed E-state index contributed by atoms with van der Waals surface area (Å²) >= 11 is 0. The van der Waals surface area contributed by atoms with Gasteiger partial charge < -0.3 is 10.6 Å². The lowest BCUT2D eigenvalue weighted by molar-refractivity contribution is -0.124. The molecule has 1 aliphatic heterocycles. The lowest BCUT2D eigenvalue weighted by Gasteiger charge is -2.30. The highest BCUT2D eigenvalue weighted by molar-refractivity contribution is 5.82. The Labute approximate surface area is 120 Å². The third-order valence-electron chi connectivity index (χ3n) is 4.14. The van der Waals surface area contributed by atoms with Crippen molar-refractivity contribution in [3.63, 3.8) is 0 Å². The standard InChI is InChI=1S/C16H23FN2O/c1-3-12-8-9-18-15(10-12)16(20)19-11(2)13-6-4-5-7-14(13)17/h4-7,11-12,15,18H,3,8-10H2,1-2H3,(H,19,20)/t11-,12?,15?/m1/s1. The minimum atomic E-state index is -0.312. The number of carbonyl (C=O) groups is 1. The van der Waals surface area contributed by atoms with Gasteiger partial charge in [0.2, 0.25) is 5.91 Å². The van der Waals surface area contributed by atoms with E-state index in [-0.39, 0.29) is 23.8 Å². The SMILES string of the molecule is CCC1CCNC(C(=O)N[C@H](C)c2ccccc2F)C1. The second-order valence-electron chi connectivity index (χ2n) is 5.56. The fraction of sp³-hybridized carbons (Fsp3) is 0.562. The molecule has 1 heterocycles. The summed E-state index contributed by atoms with van der Waals surface area (Å²) in [6, 6.07) is 6.11. The Kier molecular flexibility index (Phi) is 5.12. The highest BCUT2D eigenvalue weighted by atomic mass is 19.1. The number of halogens is 1. The number of benzene rings is 1. The molecule has 110 valence electrons. The van der Waals surface area contributed by atoms with Crippen LogP contribution in [0.3, 0.4) is 0 Å². The maximum Gasteiger partial charge on any atom is 0.237 e. The summed E-state index contributed by atoms with van der Waals surface area (Å²) in [7, 11) is 0. The molecule has 1 saturated heterocycles. The number of piperidine rings is 1. The molecule has 3 atom stereocenters. The number of rotatable bonds is 4. The molecule has 1 aromatic rings. The highest BCUT2D eigenvalue weighted by Crippen LogP contribution is 2.21. The molecule has 1 amide bonds. The molecule has 0 aromatic heterocycles. The minimum Gasteiger partial charge on any atom is -0.348 e. The third-order valence-corrected chi connectivity index (χ3v) is 4.14. The molecule has 0 radical (unpaired) electrons. The molecular weight excluding hydrogens is 255 g/mol. The van der Waals surface area contributed by atoms with E-state index in [1.807, 2.05) is 6.92 Å². The van der Waals surface area contributed by atoms with Crippen molar-refractivity contribution in [2.24, 2.45) is 5.92 Å². The van der Waals surface area contributed by atoms with Crippen LogP contribution in [0.5, 0.6) is 0 Å². The molecule has 20 heavy (non-hydrogen) atoms. The average Bonchev–Trinajstić information content (AvgIpc) is 2.47. The van der Waals surface area contributed by atoms with E-state index in [4.69, 9.17) is 0 Å². The van der Waals surface area contributed by atoms with Crippen molar-refractivity contribution in [1.82, 2.24) is 10.6 Å². The van der Waals surface area contributed by atoms with Crippen LogP contribution < -0.4 is 10.6 Å². The van der Waals surface area contributed by atoms with Crippen molar-refractivity contribution in [3.05, 3.63) is 35.6 Å². The normalized spacial score (nSPS) is 24.1. The quantitative estimate of drug-likeness (QED) is 0.889. The molecule has 4 heteroatoms. The van der Waals surface area contributed by atoms with Crippen LogP contribution in [0.1, 0.15) is 44.7 Å². The molecule has 2 rings (SSSR count). The summed E-state index contributed by atoms with van der Waals surface area (Å²) in [4.78, 5) is 12.3. The fourth-order valence-electron chi connectivity index (χ4n) is 2.78. The first-order chi connectivity index (χ1) is 9.61. The zero-order valence-electron chi connectivity index (χ0n) is 12.2. The van der Waals surface area contributed by atoms with E-state index >= 15 is 0 Å². The van der Waals surface area contributed by atoms with Gasteiger partial charge in [0.1, 0.15) is 5.82 Å². The van der Waals surface area contributed by atoms with Crippen molar-refractivity contribution >= 4 is 5.91 Å². The molecule has 0 aliphatic carbocycles. The largest absolute Gasteiger partial charge is 0.348 e. The number of amides is 1. The first-order valence-electron chi connectivity index (χ1n) is 7.40. The second-order valence-corrected chi connectivity index (χ2v) is 5.56. The van der Waals surface area contributed by atoms with Gasteiger partial charge in [-0.25, -0.2) is 4.39 Å². The highest BCUT2D eigenvalue weighted by Gasteiger charge is 2.27. The van der Waals surface area contributed by atoms with Gasteiger partial charge in [-0.05, 0) is 38.3 Å². The van der Waals surface area contributed by atoms with Gasteiger partial charge in [-0.15, -0.1) is 0 Å². The van der Waals surface area contributed by atoms with Gasteiger partial charge in [-0.1, -0.05) is 31.5 Å². The Balaban J connectivity index is 1.95. The van der Waals surface area contributed by atoms with Gasteiger partial charge >= 0.3 is 0 Å². The number of hydrogen-bond donors (Lipinski definition) is 2. The van der Waals surface area contributed by atoms with Crippen LogP contribution in [0.2, 0.25) is 0 Å². The van der Waals surface area contributed by atoms with Gasteiger partial charge in [0.25, 0.3) is 0 Å². The van der Waals surface area contributed by atoms with Crippen LogP contribution >= 0.6 is 0 Å². The van der Waals surface area contributed by atoms with Gasteiger partial charge in [-0.3, -0.25) is 4.79 Å². The summed E-state index contributed by atoms with van der Waals surface area (Å²) in [5, 5.41) is 6.16. The summed E-state index contributed by atoms with van der Waals surface area (Å²) in [5.74, 6) is 0.304. The zero-order valence-corrected chi connectivity index (χ0v) is 12.2. The predicted octanol–water partition coefficient (Wildman–Crippen LogP) is 2.78. The maximum absolute atomic E-state index is 13.7. The molecule has 0 bridgehead atoms. The van der Waals surface area contributed by atoms with Crippen LogP contribution in [0.15, 0.2) is 24.3 Å². The van der Waals surface area contributed by atoms with Gasteiger partial charge in [0, 0.05) is 5.56 Å². The van der Waals surface area contributed by atoms with Crippen LogP contribution in [0.4, 0.5) is 4.39 Å². The van der Waals surface area contributed by atoms with Crippen molar-refractivity contribution < 1.29 is 9.18 Å². The molecule has 2 unspecified atom stereocenters. The summed E-state index contributed by atoms with van der Waals surface area (Å²) in [6.45, 7) is 4.86. The lowest BCUT2D eigenvalue weighted by Crippen LogP contribution is -2.49. The molecule has 1 fully saturated rings. The van der Waals surface area contributed by atoms with Crippen molar-refractivity contribution in [2.75, 3.05) is 6.54 Å². The summed E-state index contributed by atoms with van der Waals surface area (Å²) in [6.07, 6.45) is 3.10. The Bertz CT molecular complexity index is 464. The monoisotopic (exact) mass is 278 g/mol. The first-order valence-corrected chi connectivity index (χ1v) is 7.40. The summed E-state index contributed by atoms with van der Waals surface area (Å²) in [5.41, 5.74) is 0.531. The van der Waals surface area contributed by atoms with E-state index in [0.717, 1.165) is 25.8 Å². The Hall–Kier alpha value is -1.42. The lowest BCUT2D eigenvalue weighted by atomic mass is 9.90. The Morgan fingerprint density at radius 3 is 2.95 bits per heavy atom. The summed E-state index contributed by atoms with van der Waals surface area (Å²) < 4.78 is 13.7. The second kappa shape index (κ2) is 6.84. The van der Waals surface area contributed by atoms with Gasteiger partial charge in [-0.2, -0.15) is 0 Å². The molecule has 0 saturated carbocycles. The van der Waals surface area contributed by atoms with E-state index in [2.05, 4.69) is 17.6 Å². The van der Waals surface area contributed by atoms with Crippen LogP contribution in [-0.4, -0.2) is 18.5 Å². The van der Waals surface area contributed by atoms with Crippen LogP contribution in [0, 0.1) is 11.7 Å². The topological polar surface area (TPSA) is 41.1 Å². The number of nitrogens with one attached hydrogen (secondary N) is 2. The van der Waals surface area contributed by atoms with E-state index in [9.17, 15) is 9.18 Å². The molecular formula is C16H23FN2O. The molecule has 1 aromatic carbocycles. The maximum atomic E-state index is 13.7. The molecule has 0 spiro atoms. The predicted molar refractivity (Wildman–Crippen MR) is 77.8 cm³/mol. The first kappa shape index (κ1) is 15.0. The van der Waals surface area contributed by atoms with Crippen molar-refractivity contribution in [1.29, 1.82) is 0 Å². The van der Waals surface area contributed by atoms with Crippen LogP contribution in [-0.2, 0) is 4.79 Å². The number of hydrogen-bond acceptors (Lipinski definition) is 2. The minimum absolute atomic E-state index is 0.0288. The van der Waals surface area contributed by atoms with Crippen LogP contribution in [0.25, 0.3) is 0 Å². The van der Waals surface area contributed by atoms with E-state index in [1.165, 1.54) is 6.07 Å². The van der Waals surface area contributed by atoms with E-state index in [0.29, 0.717) is 11.5 Å². The molecule has 3 nitrogen and oxygen atoms in total. The molecule has 1 aliphatic rings. The number of carbonyl (C=O) groups excluding carboxylic acids is 1. The van der Waals surface area contributed by atoms with Gasteiger partial charge in [0.05, 0.1) is 12.1 Å². The van der Waals surface area contributed by atoms with Gasteiger partial charge in [0.15, 0.2) is 0 Å². The van der Waals surface area contributed by atoms with Crippen molar-refractivity contribution in [3.8, 4) is 0 Å². The smallest absolute Gasteiger partial charge is 0.237 e. The Morgan fingerprint density at radius 2 is 2.25 bits per heavy atom. The zero-order chi connectivity index (χ0) is 14.5. The van der Waals surface area contributed by atoms with E-state index < -0.39 is 0 Å². The van der Waals surface area contributed by atoms with E-state index in [1.54, 1.807) is 18.2 Å².